The van der Waals surface area contributed by atoms with Gasteiger partial charge in [-0.3, -0.25) is 0 Å². The number of nitrogen functional groups attached to an aromatic ring is 1. The van der Waals surface area contributed by atoms with Crippen molar-refractivity contribution < 1.29 is 9.53 Å². The lowest BCUT2D eigenvalue weighted by Crippen LogP contribution is -2.50. The van der Waals surface area contributed by atoms with Crippen LogP contribution in [0, 0.1) is 0 Å². The van der Waals surface area contributed by atoms with E-state index in [4.69, 9.17) is 10.5 Å². The number of hydrogen-bond donors (Lipinski definition) is 1. The van der Waals surface area contributed by atoms with Gasteiger partial charge in [0.1, 0.15) is 5.82 Å². The number of anilines is 2. The van der Waals surface area contributed by atoms with Gasteiger partial charge in [0.15, 0.2) is 0 Å². The van der Waals surface area contributed by atoms with Gasteiger partial charge in [0, 0.05) is 25.7 Å². The number of piperazine rings is 1. The van der Waals surface area contributed by atoms with Crippen molar-refractivity contribution >= 4 is 17.5 Å². The molecule has 0 aromatic carbocycles. The standard InChI is InChI=1S/C13H20N4O2/c1-9-8-16(2)4-5-17(9)12-6-10(13(18)19-3)11(14)7-15-12/h6-7,9H,4-5,8,14H2,1-3H3. The van der Waals surface area contributed by atoms with Gasteiger partial charge in [-0.15, -0.1) is 0 Å². The normalized spacial score (nSPS) is 20.4. The molecule has 2 N–H and O–H groups in total. The van der Waals surface area contributed by atoms with E-state index in [-0.39, 0.29) is 0 Å². The van der Waals surface area contributed by atoms with Gasteiger partial charge in [-0.2, -0.15) is 0 Å². The number of likely N-dealkylation sites (N-methyl/N-ethyl adjacent to an activating group) is 1. The van der Waals surface area contributed by atoms with Crippen molar-refractivity contribution in [2.45, 2.75) is 13.0 Å². The number of pyridine rings is 1. The summed E-state index contributed by atoms with van der Waals surface area (Å²) in [6.07, 6.45) is 1.52. The van der Waals surface area contributed by atoms with Gasteiger partial charge in [0.25, 0.3) is 0 Å². The van der Waals surface area contributed by atoms with E-state index in [2.05, 4.69) is 28.8 Å². The molecule has 2 rings (SSSR count). The molecular formula is C13H20N4O2. The molecular weight excluding hydrogens is 244 g/mol. The van der Waals surface area contributed by atoms with E-state index in [9.17, 15) is 4.79 Å². The Bertz CT molecular complexity index is 478. The Balaban J connectivity index is 2.28. The predicted molar refractivity (Wildman–Crippen MR) is 74.3 cm³/mol. The third kappa shape index (κ3) is 2.78. The first-order valence-electron chi connectivity index (χ1n) is 6.32. The van der Waals surface area contributed by atoms with Crippen LogP contribution in [0.1, 0.15) is 17.3 Å². The lowest BCUT2D eigenvalue weighted by molar-refractivity contribution is 0.0602. The van der Waals surface area contributed by atoms with Gasteiger partial charge in [-0.05, 0) is 20.0 Å². The van der Waals surface area contributed by atoms with Crippen LogP contribution in [0.25, 0.3) is 0 Å². The van der Waals surface area contributed by atoms with Gasteiger partial charge in [0.2, 0.25) is 0 Å². The molecule has 6 nitrogen and oxygen atoms in total. The van der Waals surface area contributed by atoms with E-state index < -0.39 is 5.97 Å². The highest BCUT2D eigenvalue weighted by molar-refractivity contribution is 5.95. The van der Waals surface area contributed by atoms with Gasteiger partial charge in [-0.25, -0.2) is 9.78 Å². The van der Waals surface area contributed by atoms with Crippen LogP contribution in [0.5, 0.6) is 0 Å². The molecule has 1 aromatic rings. The second kappa shape index (κ2) is 5.44. The zero-order valence-electron chi connectivity index (χ0n) is 11.6. The molecule has 1 fully saturated rings. The Hall–Kier alpha value is -1.82. The van der Waals surface area contributed by atoms with Crippen LogP contribution in [0.15, 0.2) is 12.3 Å². The number of methoxy groups -OCH3 is 1. The fourth-order valence-corrected chi connectivity index (χ4v) is 2.38. The largest absolute Gasteiger partial charge is 0.465 e. The van der Waals surface area contributed by atoms with Crippen molar-refractivity contribution in [1.82, 2.24) is 9.88 Å². The SMILES string of the molecule is COC(=O)c1cc(N2CCN(C)CC2C)ncc1N. The zero-order chi connectivity index (χ0) is 14.0. The number of esters is 1. The van der Waals surface area contributed by atoms with Crippen molar-refractivity contribution in [3.63, 3.8) is 0 Å². The Labute approximate surface area is 113 Å². The Morgan fingerprint density at radius 1 is 1.53 bits per heavy atom. The number of nitrogens with two attached hydrogens (primary N) is 1. The summed E-state index contributed by atoms with van der Waals surface area (Å²) >= 11 is 0. The number of carbonyl (C=O) groups excluding carboxylic acids is 1. The lowest BCUT2D eigenvalue weighted by Gasteiger charge is -2.39. The van der Waals surface area contributed by atoms with E-state index in [1.807, 2.05) is 0 Å². The predicted octanol–water partition coefficient (Wildman–Crippen LogP) is 0.591. The molecule has 104 valence electrons. The third-order valence-electron chi connectivity index (χ3n) is 3.45. The van der Waals surface area contributed by atoms with Gasteiger partial charge in [-0.1, -0.05) is 0 Å². The number of ether oxygens (including phenoxy) is 1. The van der Waals surface area contributed by atoms with E-state index in [1.165, 1.54) is 13.3 Å². The summed E-state index contributed by atoms with van der Waals surface area (Å²) in [5.74, 6) is 0.345. The molecule has 1 atom stereocenters. The number of carbonyl (C=O) groups is 1. The molecule has 0 spiro atoms. The number of rotatable bonds is 2. The molecule has 1 unspecified atom stereocenters. The van der Waals surface area contributed by atoms with Crippen LogP contribution in [-0.4, -0.2) is 55.7 Å². The first kappa shape index (κ1) is 13.6. The smallest absolute Gasteiger partial charge is 0.340 e. The Kier molecular flexibility index (Phi) is 3.90. The van der Waals surface area contributed by atoms with Crippen molar-refractivity contribution in [1.29, 1.82) is 0 Å². The highest BCUT2D eigenvalue weighted by atomic mass is 16.5. The van der Waals surface area contributed by atoms with Crippen molar-refractivity contribution in [3.8, 4) is 0 Å². The van der Waals surface area contributed by atoms with Crippen LogP contribution in [0.2, 0.25) is 0 Å². The topological polar surface area (TPSA) is 71.7 Å². The summed E-state index contributed by atoms with van der Waals surface area (Å²) in [6.45, 7) is 4.98. The second-order valence-corrected chi connectivity index (χ2v) is 4.93. The minimum absolute atomic E-state index is 0.345. The molecule has 1 aliphatic rings. The van der Waals surface area contributed by atoms with Crippen molar-refractivity contribution in [2.75, 3.05) is 44.4 Å². The molecule has 1 saturated heterocycles. The minimum Gasteiger partial charge on any atom is -0.465 e. The van der Waals surface area contributed by atoms with E-state index in [0.29, 0.717) is 17.3 Å². The first-order valence-corrected chi connectivity index (χ1v) is 6.32. The molecule has 0 aliphatic carbocycles. The van der Waals surface area contributed by atoms with Crippen molar-refractivity contribution in [3.05, 3.63) is 17.8 Å². The van der Waals surface area contributed by atoms with Crippen molar-refractivity contribution in [2.24, 2.45) is 0 Å². The summed E-state index contributed by atoms with van der Waals surface area (Å²) in [6, 6.07) is 2.06. The van der Waals surface area contributed by atoms with E-state index in [1.54, 1.807) is 6.07 Å². The van der Waals surface area contributed by atoms with E-state index in [0.717, 1.165) is 25.5 Å². The fourth-order valence-electron chi connectivity index (χ4n) is 2.38. The quantitative estimate of drug-likeness (QED) is 0.788. The maximum Gasteiger partial charge on any atom is 0.340 e. The average molecular weight is 264 g/mol. The Morgan fingerprint density at radius 2 is 2.26 bits per heavy atom. The lowest BCUT2D eigenvalue weighted by atomic mass is 10.1. The van der Waals surface area contributed by atoms with Gasteiger partial charge < -0.3 is 20.3 Å². The summed E-state index contributed by atoms with van der Waals surface area (Å²) in [4.78, 5) is 20.4. The molecule has 1 aromatic heterocycles. The molecule has 2 heterocycles. The molecule has 0 saturated carbocycles. The van der Waals surface area contributed by atoms with Crippen LogP contribution in [-0.2, 0) is 4.74 Å². The third-order valence-corrected chi connectivity index (χ3v) is 3.45. The molecule has 1 aliphatic heterocycles. The van der Waals surface area contributed by atoms with Gasteiger partial charge >= 0.3 is 5.97 Å². The highest BCUT2D eigenvalue weighted by Gasteiger charge is 2.24. The Morgan fingerprint density at radius 3 is 2.89 bits per heavy atom. The number of hydrogen-bond acceptors (Lipinski definition) is 6. The summed E-state index contributed by atoms with van der Waals surface area (Å²) in [7, 11) is 3.45. The first-order chi connectivity index (χ1) is 9.02. The monoisotopic (exact) mass is 264 g/mol. The maximum atomic E-state index is 11.6. The highest BCUT2D eigenvalue weighted by Crippen LogP contribution is 2.22. The maximum absolute atomic E-state index is 11.6. The molecule has 0 bridgehead atoms. The molecule has 19 heavy (non-hydrogen) atoms. The summed E-state index contributed by atoms with van der Waals surface area (Å²) in [5.41, 5.74) is 6.48. The fraction of sp³-hybridized carbons (Fsp3) is 0.538. The number of aromatic nitrogens is 1. The van der Waals surface area contributed by atoms with Crippen LogP contribution >= 0.6 is 0 Å². The number of nitrogens with zero attached hydrogens (tertiary/aromatic N) is 3. The summed E-state index contributed by atoms with van der Waals surface area (Å²) < 4.78 is 4.73. The van der Waals surface area contributed by atoms with Gasteiger partial charge in [0.05, 0.1) is 24.6 Å². The molecule has 6 heteroatoms. The second-order valence-electron chi connectivity index (χ2n) is 4.93. The molecule has 0 radical (unpaired) electrons. The average Bonchev–Trinajstić information content (AvgIpc) is 2.39. The summed E-state index contributed by atoms with van der Waals surface area (Å²) in [5, 5.41) is 0. The molecule has 0 amide bonds. The van der Waals surface area contributed by atoms with E-state index >= 15 is 0 Å². The van der Waals surface area contributed by atoms with Crippen LogP contribution < -0.4 is 10.6 Å². The van der Waals surface area contributed by atoms with Crippen LogP contribution in [0.3, 0.4) is 0 Å². The minimum atomic E-state index is -0.428. The zero-order valence-corrected chi connectivity index (χ0v) is 11.6. The van der Waals surface area contributed by atoms with Crippen LogP contribution in [0.4, 0.5) is 11.5 Å².